The summed E-state index contributed by atoms with van der Waals surface area (Å²) in [6, 6.07) is 0. The van der Waals surface area contributed by atoms with E-state index in [-0.39, 0.29) is 0 Å². The summed E-state index contributed by atoms with van der Waals surface area (Å²) in [6.45, 7) is 0. The van der Waals surface area contributed by atoms with Crippen molar-refractivity contribution in [2.45, 2.75) is 12.8 Å². The van der Waals surface area contributed by atoms with Crippen LogP contribution in [0.4, 0.5) is 4.79 Å². The molecule has 52 valence electrons. The molecule has 0 aliphatic heterocycles. The molecule has 3 N–H and O–H groups in total. The topological polar surface area (TPSA) is 90.1 Å². The molecule has 0 aromatic carbocycles. The summed E-state index contributed by atoms with van der Waals surface area (Å²) >= 11 is 0. The highest BCUT2D eigenvalue weighted by Gasteiger charge is 2.12. The monoisotopic (exact) mass is 133 g/mol. The summed E-state index contributed by atoms with van der Waals surface area (Å²) in [5.41, 5.74) is 0.935. The molecule has 0 aromatic heterocycles. The Kier molecular flexibility index (Phi) is 3.19. The molecule has 1 aliphatic rings. The van der Waals surface area contributed by atoms with Gasteiger partial charge in [-0.25, -0.2) is 4.79 Å². The standard InChI is InChI=1S/C3H5NO.CH2O3/c5-4-3-1-2-3;2-1(3)4/h5H,1-2H2;(H2,2,3,4). The van der Waals surface area contributed by atoms with E-state index in [1.165, 1.54) is 0 Å². The van der Waals surface area contributed by atoms with Crippen LogP contribution in [0.2, 0.25) is 0 Å². The van der Waals surface area contributed by atoms with Crippen LogP contribution in [-0.4, -0.2) is 27.3 Å². The van der Waals surface area contributed by atoms with Crippen LogP contribution in [0.25, 0.3) is 0 Å². The lowest BCUT2D eigenvalue weighted by Crippen LogP contribution is -1.81. The summed E-state index contributed by atoms with van der Waals surface area (Å²) in [7, 11) is 0. The molecule has 0 atom stereocenters. The minimum atomic E-state index is -1.83. The summed E-state index contributed by atoms with van der Waals surface area (Å²) < 4.78 is 0. The zero-order valence-corrected chi connectivity index (χ0v) is 4.61. The first-order valence-corrected chi connectivity index (χ1v) is 2.28. The average molecular weight is 133 g/mol. The Hall–Kier alpha value is -1.26. The van der Waals surface area contributed by atoms with E-state index in [1.807, 2.05) is 0 Å². The Morgan fingerprint density at radius 3 is 1.78 bits per heavy atom. The molecule has 0 unspecified atom stereocenters. The number of hydrogen-bond acceptors (Lipinski definition) is 3. The zero-order chi connectivity index (χ0) is 7.28. The van der Waals surface area contributed by atoms with Crippen molar-refractivity contribution in [3.8, 4) is 0 Å². The first-order chi connectivity index (χ1) is 4.16. The van der Waals surface area contributed by atoms with E-state index in [0.717, 1.165) is 18.6 Å². The molecule has 1 fully saturated rings. The third-order valence-corrected chi connectivity index (χ3v) is 0.615. The molecule has 0 radical (unpaired) electrons. The van der Waals surface area contributed by atoms with Crippen LogP contribution >= 0.6 is 0 Å². The second-order valence-corrected chi connectivity index (χ2v) is 1.45. The van der Waals surface area contributed by atoms with Gasteiger partial charge < -0.3 is 15.4 Å². The number of carboxylic acid groups (broad SMARTS) is 2. The van der Waals surface area contributed by atoms with Gasteiger partial charge in [0.25, 0.3) is 0 Å². The molecule has 1 aliphatic carbocycles. The van der Waals surface area contributed by atoms with Gasteiger partial charge in [0.15, 0.2) is 0 Å². The highest BCUT2D eigenvalue weighted by Crippen LogP contribution is 2.11. The molecule has 0 heterocycles. The lowest BCUT2D eigenvalue weighted by Gasteiger charge is -1.60. The van der Waals surface area contributed by atoms with E-state index in [1.54, 1.807) is 0 Å². The Labute approximate surface area is 51.2 Å². The van der Waals surface area contributed by atoms with Crippen LogP contribution in [0.1, 0.15) is 12.8 Å². The fourth-order valence-electron chi connectivity index (χ4n) is 0.156. The lowest BCUT2D eigenvalue weighted by molar-refractivity contribution is 0.137. The molecular formula is C4H7NO4. The molecule has 5 heteroatoms. The van der Waals surface area contributed by atoms with Crippen molar-refractivity contribution in [1.29, 1.82) is 0 Å². The number of nitrogens with zero attached hydrogens (tertiary/aromatic N) is 1. The maximum Gasteiger partial charge on any atom is 0.503 e. The van der Waals surface area contributed by atoms with Crippen molar-refractivity contribution in [3.63, 3.8) is 0 Å². The molecule has 0 amide bonds. The molecule has 0 saturated heterocycles. The third-order valence-electron chi connectivity index (χ3n) is 0.615. The van der Waals surface area contributed by atoms with Gasteiger partial charge in [0, 0.05) is 0 Å². The third kappa shape index (κ3) is 10.8. The van der Waals surface area contributed by atoms with Gasteiger partial charge in [-0.15, -0.1) is 0 Å². The molecule has 0 bridgehead atoms. The van der Waals surface area contributed by atoms with Crippen LogP contribution < -0.4 is 0 Å². The van der Waals surface area contributed by atoms with Gasteiger partial charge in [-0.3, -0.25) is 0 Å². The highest BCUT2D eigenvalue weighted by molar-refractivity contribution is 5.97. The second-order valence-electron chi connectivity index (χ2n) is 1.45. The van der Waals surface area contributed by atoms with Crippen LogP contribution in [0.15, 0.2) is 5.16 Å². The molecule has 1 saturated carbocycles. The van der Waals surface area contributed by atoms with Gasteiger partial charge in [-0.05, 0) is 12.8 Å². The number of rotatable bonds is 0. The van der Waals surface area contributed by atoms with E-state index in [4.69, 9.17) is 20.2 Å². The average Bonchev–Trinajstić information content (AvgIpc) is 2.43. The summed E-state index contributed by atoms with van der Waals surface area (Å²) in [4.78, 5) is 8.56. The largest absolute Gasteiger partial charge is 0.503 e. The predicted octanol–water partition coefficient (Wildman–Crippen LogP) is 0.833. The second kappa shape index (κ2) is 3.71. The smallest absolute Gasteiger partial charge is 0.450 e. The fraction of sp³-hybridized carbons (Fsp3) is 0.500. The molecular weight excluding hydrogens is 126 g/mol. The van der Waals surface area contributed by atoms with Gasteiger partial charge in [0.05, 0.1) is 5.71 Å². The predicted molar refractivity (Wildman–Crippen MR) is 29.1 cm³/mol. The highest BCUT2D eigenvalue weighted by atomic mass is 16.6. The minimum absolute atomic E-state index is 0.935. The van der Waals surface area contributed by atoms with Crippen LogP contribution in [-0.2, 0) is 0 Å². The first-order valence-electron chi connectivity index (χ1n) is 2.28. The Balaban J connectivity index is 0.000000148. The van der Waals surface area contributed by atoms with Crippen molar-refractivity contribution in [2.24, 2.45) is 5.16 Å². The summed E-state index contributed by atoms with van der Waals surface area (Å²) in [6.07, 6.45) is 0.188. The first kappa shape index (κ1) is 7.74. The quantitative estimate of drug-likeness (QED) is 0.337. The Bertz CT molecular complexity index is 121. The van der Waals surface area contributed by atoms with Crippen molar-refractivity contribution >= 4 is 11.9 Å². The maximum absolute atomic E-state index is 8.56. The molecule has 9 heavy (non-hydrogen) atoms. The summed E-state index contributed by atoms with van der Waals surface area (Å²) in [5, 5.41) is 24.7. The molecule has 1 rings (SSSR count). The number of hydrogen-bond donors (Lipinski definition) is 3. The Morgan fingerprint density at radius 2 is 1.78 bits per heavy atom. The molecule has 5 nitrogen and oxygen atoms in total. The normalized spacial score (nSPS) is 13.1. The van der Waals surface area contributed by atoms with Crippen molar-refractivity contribution < 1.29 is 20.2 Å². The van der Waals surface area contributed by atoms with E-state index in [9.17, 15) is 0 Å². The zero-order valence-electron chi connectivity index (χ0n) is 4.61. The summed E-state index contributed by atoms with van der Waals surface area (Å²) in [5.74, 6) is 0. The van der Waals surface area contributed by atoms with Crippen LogP contribution in [0.5, 0.6) is 0 Å². The van der Waals surface area contributed by atoms with Crippen LogP contribution in [0.3, 0.4) is 0 Å². The van der Waals surface area contributed by atoms with Gasteiger partial charge in [0.1, 0.15) is 0 Å². The lowest BCUT2D eigenvalue weighted by atomic mass is 10.9. The molecule has 0 aromatic rings. The van der Waals surface area contributed by atoms with Crippen molar-refractivity contribution in [3.05, 3.63) is 0 Å². The maximum atomic E-state index is 8.56. The fourth-order valence-corrected chi connectivity index (χ4v) is 0.156. The van der Waals surface area contributed by atoms with E-state index < -0.39 is 6.16 Å². The van der Waals surface area contributed by atoms with Gasteiger partial charge >= 0.3 is 6.16 Å². The van der Waals surface area contributed by atoms with Crippen molar-refractivity contribution in [2.75, 3.05) is 0 Å². The number of oxime groups is 1. The van der Waals surface area contributed by atoms with Gasteiger partial charge in [0.2, 0.25) is 0 Å². The van der Waals surface area contributed by atoms with Crippen molar-refractivity contribution in [1.82, 2.24) is 0 Å². The van der Waals surface area contributed by atoms with E-state index in [0.29, 0.717) is 0 Å². The van der Waals surface area contributed by atoms with Crippen LogP contribution in [0, 0.1) is 0 Å². The minimum Gasteiger partial charge on any atom is -0.450 e. The number of carbonyl (C=O) groups is 1. The molecule has 0 spiro atoms. The van der Waals surface area contributed by atoms with E-state index >= 15 is 0 Å². The SMILES string of the molecule is O=C(O)O.ON=C1CC1. The van der Waals surface area contributed by atoms with Gasteiger partial charge in [-0.1, -0.05) is 5.16 Å². The van der Waals surface area contributed by atoms with Gasteiger partial charge in [-0.2, -0.15) is 0 Å². The Morgan fingerprint density at radius 1 is 1.44 bits per heavy atom. The van der Waals surface area contributed by atoms with E-state index in [2.05, 4.69) is 5.16 Å².